The minimum atomic E-state index is -2.17. The van der Waals surface area contributed by atoms with Gasteiger partial charge in [0, 0.05) is 5.90 Å². The minimum absolute atomic E-state index is 0. The van der Waals surface area contributed by atoms with Crippen molar-refractivity contribution in [2.45, 2.75) is 13.8 Å². The summed E-state index contributed by atoms with van der Waals surface area (Å²) in [5.41, 5.74) is 0. The smallest absolute Gasteiger partial charge is 0.822 e. The summed E-state index contributed by atoms with van der Waals surface area (Å²) in [7, 11) is 1.61. The fourth-order valence-corrected chi connectivity index (χ4v) is 19.4. The predicted octanol–water partition coefficient (Wildman–Crippen LogP) is 19.3. The van der Waals surface area contributed by atoms with Crippen LogP contribution in [0.1, 0.15) is 13.8 Å². The Morgan fingerprint density at radius 3 is 0.550 bits per heavy atom. The molecule has 0 fully saturated rings. The van der Waals surface area contributed by atoms with Gasteiger partial charge in [0.05, 0.1) is 58.2 Å². The normalized spacial score (nSPS) is 9.91. The van der Waals surface area contributed by atoms with Crippen LogP contribution in [0.3, 0.4) is 0 Å². The minimum Gasteiger partial charge on any atom is -0.822 e. The monoisotopic (exact) mass is 2120 g/mol. The number of halogens is 10. The maximum absolute atomic E-state index is 12.0. The molecule has 21 heteroatoms. The number of hydrogen-bond donors (Lipinski definition) is 0. The van der Waals surface area contributed by atoms with E-state index in [1.807, 2.05) is 97.1 Å². The maximum atomic E-state index is 12.0. The Bertz CT molecular complexity index is 4150. The summed E-state index contributed by atoms with van der Waals surface area (Å²) >= 11 is 0. The molecule has 0 amide bonds. The first-order chi connectivity index (χ1) is 51.4. The fraction of sp³-hybridized carbons (Fsp3) is 0.0341. The van der Waals surface area contributed by atoms with Gasteiger partial charge in [-0.15, -0.1) is 20.3 Å². The summed E-state index contributed by atoms with van der Waals surface area (Å²) in [6.45, 7) is 3.06. The number of rotatable bonds is 14. The van der Waals surface area contributed by atoms with Gasteiger partial charge in [-0.05, 0) is 61.5 Å². The summed E-state index contributed by atoms with van der Waals surface area (Å²) in [5, 5.41) is 15.6. The van der Waals surface area contributed by atoms with Crippen LogP contribution in [0.25, 0.3) is 0 Å². The molecule has 0 radical (unpaired) electrons. The molecule has 0 saturated heterocycles. The van der Waals surface area contributed by atoms with E-state index in [9.17, 15) is 53.6 Å². The molecular weight excluding hydrogens is 2050 g/mol. The van der Waals surface area contributed by atoms with E-state index in [-0.39, 0.29) is 69.0 Å². The Hall–Kier alpha value is -7.35. The van der Waals surface area contributed by atoms with Crippen LogP contribution in [-0.2, 0) is 68.0 Å². The van der Waals surface area contributed by atoms with Crippen LogP contribution in [0.5, 0.6) is 0 Å². The Morgan fingerprint density at radius 1 is 0.257 bits per heavy atom. The number of Topliss-reactive ketones (excluding diaryl/α,β-unsaturated/α-hetero) is 1. The standard InChI is InChI=1S/C25H22P2.C12H10OP.3C12H10P.2C6F5.C3H6O.3Pt/c1-5-13-22(14-6-1)26(23-15-7-2-8-16-23)21-27(24-17-9-3-10-18-24)25-19-11-4-12-20-25;13-14(11-7-3-1-4-8-11)12-9-5-2-6-10-12;3*1-3-7-11(8-4-1)13-12-9-5-2-6-10-12;2*7-2-1-3(8)5(10)6(11)4(2)9;1-3(2)4;;;/h1-20H,21H2;1-10H;3*1-10H;;;1-2H3;;;/q;6*-1;;3*+2. The van der Waals surface area contributed by atoms with Crippen molar-refractivity contribution >= 4 is 119 Å². The third-order valence-corrected chi connectivity index (χ3v) is 24.6. The van der Waals surface area contributed by atoms with Gasteiger partial charge in [0.25, 0.3) is 0 Å². The Morgan fingerprint density at radius 2 is 0.394 bits per heavy atom. The first-order valence-corrected chi connectivity index (χ1v) is 39.5. The number of benzene rings is 14. The topological polar surface area (TPSA) is 40.1 Å². The Labute approximate surface area is 684 Å². The molecule has 0 saturated carbocycles. The third kappa shape index (κ3) is 34.4. The van der Waals surface area contributed by atoms with Gasteiger partial charge in [-0.1, -0.05) is 364 Å². The zero-order valence-corrected chi connectivity index (χ0v) is 70.3. The molecule has 0 aliphatic carbocycles. The van der Waals surface area contributed by atoms with E-state index in [4.69, 9.17) is 0 Å². The van der Waals surface area contributed by atoms with E-state index in [1.54, 1.807) is 0 Å². The van der Waals surface area contributed by atoms with Crippen molar-refractivity contribution in [3.8, 4) is 0 Å². The number of carbonyl (C=O) groups excluding carboxylic acids is 1. The van der Waals surface area contributed by atoms with Gasteiger partial charge in [-0.2, -0.15) is 0 Å². The number of hydrogen-bond acceptors (Lipinski definition) is 2. The van der Waals surface area contributed by atoms with Gasteiger partial charge in [-0.3, -0.25) is 17.6 Å². The molecule has 109 heavy (non-hydrogen) atoms. The van der Waals surface area contributed by atoms with E-state index in [0.717, 1.165) is 22.7 Å². The van der Waals surface area contributed by atoms with Crippen molar-refractivity contribution in [2.24, 2.45) is 0 Å². The van der Waals surface area contributed by atoms with Gasteiger partial charge in [0.2, 0.25) is 0 Å². The molecule has 14 aromatic carbocycles. The van der Waals surface area contributed by atoms with Crippen LogP contribution >= 0.6 is 49.7 Å². The SMILES string of the molecule is CC(C)=O.Fc1[c-]c(F)c(F)c(F)c1F.Fc1[c-]c(F)c(F)c(F)c1F.[O-]P(c1ccccc1)c1ccccc1.[Pt+2].[Pt+2].[Pt+2].c1ccc(P(CP(c2ccccc2)c2ccccc2)c2ccccc2)cc1.c1ccc([P-]c2ccccc2)cc1.c1ccc([P-]c2ccccc2)cc1.c1ccc([P-]c2ccccc2)cc1. The molecule has 0 aromatic heterocycles. The van der Waals surface area contributed by atoms with Gasteiger partial charge in [-0.25, -0.2) is 58.2 Å². The van der Waals surface area contributed by atoms with E-state index in [1.165, 1.54) is 98.5 Å². The Kier molecular flexibility index (Phi) is 46.2. The molecule has 14 aromatic rings. The van der Waals surface area contributed by atoms with Gasteiger partial charge < -0.3 is 35.4 Å². The van der Waals surface area contributed by atoms with Crippen LogP contribution < -0.4 is 68.5 Å². The largest absolute Gasteiger partial charge is 2.00 e. The second kappa shape index (κ2) is 53.5. The van der Waals surface area contributed by atoms with E-state index >= 15 is 0 Å². The summed E-state index contributed by atoms with van der Waals surface area (Å²) in [6.07, 6.45) is 0. The van der Waals surface area contributed by atoms with Crippen molar-refractivity contribution in [2.75, 3.05) is 5.90 Å². The van der Waals surface area contributed by atoms with Crippen molar-refractivity contribution < 1.29 is 117 Å². The second-order valence-corrected chi connectivity index (χ2v) is 32.3. The van der Waals surface area contributed by atoms with Gasteiger partial charge >= 0.3 is 63.2 Å². The molecular formula is C88H68F10O2P6Pt3. The van der Waals surface area contributed by atoms with Crippen LogP contribution in [-0.4, -0.2) is 11.7 Å². The van der Waals surface area contributed by atoms with Crippen LogP contribution in [0.15, 0.2) is 364 Å². The number of carbonyl (C=O) groups is 1. The third-order valence-electron chi connectivity index (χ3n) is 13.8. The van der Waals surface area contributed by atoms with Gasteiger partial charge in [0.1, 0.15) is 5.78 Å². The molecule has 0 aliphatic heterocycles. The molecule has 0 atom stereocenters. The van der Waals surface area contributed by atoms with Crippen molar-refractivity contribution in [1.82, 2.24) is 0 Å². The summed E-state index contributed by atoms with van der Waals surface area (Å²) in [6, 6.07) is 128. The first-order valence-electron chi connectivity index (χ1n) is 32.5. The summed E-state index contributed by atoms with van der Waals surface area (Å²) < 4.78 is 120. The zero-order valence-electron chi connectivity index (χ0n) is 58.1. The molecule has 14 rings (SSSR count). The fourth-order valence-electron chi connectivity index (χ4n) is 8.93. The van der Waals surface area contributed by atoms with E-state index in [2.05, 4.69) is 267 Å². The molecule has 0 unspecified atom stereocenters. The molecule has 2 nitrogen and oxygen atoms in total. The molecule has 0 spiro atoms. The quantitative estimate of drug-likeness (QED) is 0.0358. The van der Waals surface area contributed by atoms with Crippen LogP contribution in [0, 0.1) is 70.3 Å². The van der Waals surface area contributed by atoms with Crippen LogP contribution in [0.2, 0.25) is 0 Å². The molecule has 0 heterocycles. The second-order valence-electron chi connectivity index (χ2n) is 22.0. The summed E-state index contributed by atoms with van der Waals surface area (Å²) in [5.74, 6) is -18.8. The molecule has 562 valence electrons. The van der Waals surface area contributed by atoms with Crippen molar-refractivity contribution in [1.29, 1.82) is 0 Å². The predicted molar refractivity (Wildman–Crippen MR) is 426 cm³/mol. The van der Waals surface area contributed by atoms with Gasteiger partial charge in [0.15, 0.2) is 0 Å². The maximum Gasteiger partial charge on any atom is 2.00 e. The zero-order chi connectivity index (χ0) is 75.7. The van der Waals surface area contributed by atoms with E-state index in [0.29, 0.717) is 0 Å². The molecule has 0 bridgehead atoms. The van der Waals surface area contributed by atoms with E-state index < -0.39 is 82.2 Å². The average Bonchev–Trinajstić information content (AvgIpc) is 0.813. The molecule has 0 N–H and O–H groups in total. The van der Waals surface area contributed by atoms with Crippen molar-refractivity contribution in [3.05, 3.63) is 434 Å². The van der Waals surface area contributed by atoms with Crippen molar-refractivity contribution in [3.63, 3.8) is 0 Å². The molecule has 0 aliphatic rings. The van der Waals surface area contributed by atoms with Crippen LogP contribution in [0.4, 0.5) is 43.9 Å². The number of ketones is 1. The Balaban J connectivity index is 0.000000272. The summed E-state index contributed by atoms with van der Waals surface area (Å²) in [4.78, 5) is 21.4. The first kappa shape index (κ1) is 94.0. The average molecular weight is 2120 g/mol.